The lowest BCUT2D eigenvalue weighted by Crippen LogP contribution is -2.30. The zero-order valence-electron chi connectivity index (χ0n) is 14.2. The van der Waals surface area contributed by atoms with Gasteiger partial charge in [-0.2, -0.15) is 0 Å². The predicted molar refractivity (Wildman–Crippen MR) is 96.0 cm³/mol. The number of carbonyl (C=O) groups excluding carboxylic acids is 1. The molecule has 0 saturated heterocycles. The Hall–Kier alpha value is -2.29. The summed E-state index contributed by atoms with van der Waals surface area (Å²) in [6, 6.07) is 17.9. The minimum atomic E-state index is -0.119. The van der Waals surface area contributed by atoms with Crippen molar-refractivity contribution in [2.24, 2.45) is 5.92 Å². The number of hydrogen-bond acceptors (Lipinski definition) is 2. The number of rotatable bonds is 6. The molecule has 126 valence electrons. The van der Waals surface area contributed by atoms with Crippen LogP contribution in [0.25, 0.3) is 0 Å². The third-order valence-corrected chi connectivity index (χ3v) is 4.84. The molecule has 1 atom stereocenters. The largest absolute Gasteiger partial charge is 0.497 e. The Morgan fingerprint density at radius 2 is 1.67 bits per heavy atom. The van der Waals surface area contributed by atoms with Crippen LogP contribution in [0.1, 0.15) is 49.3 Å². The molecular weight excluding hydrogens is 298 g/mol. The minimum absolute atomic E-state index is 0.119. The quantitative estimate of drug-likeness (QED) is 0.851. The van der Waals surface area contributed by atoms with E-state index in [0.717, 1.165) is 16.9 Å². The Kier molecular flexibility index (Phi) is 5.52. The van der Waals surface area contributed by atoms with Gasteiger partial charge in [-0.15, -0.1) is 0 Å². The summed E-state index contributed by atoms with van der Waals surface area (Å²) < 4.78 is 5.24. The summed E-state index contributed by atoms with van der Waals surface area (Å²) in [6.07, 6.45) is 5.54. The molecular formula is C21H25NO2. The lowest BCUT2D eigenvalue weighted by atomic mass is 9.97. The molecule has 0 bridgehead atoms. The van der Waals surface area contributed by atoms with Gasteiger partial charge >= 0.3 is 0 Å². The molecule has 3 rings (SSSR count). The molecule has 3 nitrogen and oxygen atoms in total. The Morgan fingerprint density at radius 1 is 1.04 bits per heavy atom. The van der Waals surface area contributed by atoms with Crippen molar-refractivity contribution in [3.8, 4) is 5.75 Å². The third-order valence-electron chi connectivity index (χ3n) is 4.84. The number of amides is 1. The molecule has 0 aliphatic heterocycles. The van der Waals surface area contributed by atoms with Crippen LogP contribution in [0.4, 0.5) is 0 Å². The van der Waals surface area contributed by atoms with Crippen LogP contribution in [-0.2, 0) is 4.79 Å². The van der Waals surface area contributed by atoms with Crippen molar-refractivity contribution in [2.75, 3.05) is 7.11 Å². The lowest BCUT2D eigenvalue weighted by molar-refractivity contribution is -0.122. The van der Waals surface area contributed by atoms with Gasteiger partial charge in [0, 0.05) is 6.42 Å². The van der Waals surface area contributed by atoms with Gasteiger partial charge in [0.05, 0.1) is 13.2 Å². The summed E-state index contributed by atoms with van der Waals surface area (Å²) in [7, 11) is 1.66. The summed E-state index contributed by atoms with van der Waals surface area (Å²) in [5.74, 6) is 1.52. The van der Waals surface area contributed by atoms with Gasteiger partial charge in [-0.1, -0.05) is 55.3 Å². The molecule has 0 heterocycles. The van der Waals surface area contributed by atoms with E-state index in [2.05, 4.69) is 17.4 Å². The Bertz CT molecular complexity index is 645. The standard InChI is InChI=1S/C21H25NO2/c1-24-19-13-11-18(12-14-19)21(17-9-3-2-4-10-17)22-20(23)15-16-7-5-6-8-16/h2-4,9-14,16,21H,5-8,15H2,1H3,(H,22,23). The highest BCUT2D eigenvalue weighted by Gasteiger charge is 2.22. The number of carbonyl (C=O) groups is 1. The highest BCUT2D eigenvalue weighted by molar-refractivity contribution is 5.77. The predicted octanol–water partition coefficient (Wildman–Crippen LogP) is 4.48. The molecule has 1 amide bonds. The molecule has 2 aromatic carbocycles. The summed E-state index contributed by atoms with van der Waals surface area (Å²) in [5, 5.41) is 3.23. The fourth-order valence-corrected chi connectivity index (χ4v) is 3.50. The zero-order chi connectivity index (χ0) is 16.8. The van der Waals surface area contributed by atoms with Gasteiger partial charge in [-0.3, -0.25) is 4.79 Å². The first-order valence-electron chi connectivity index (χ1n) is 8.74. The number of hydrogen-bond donors (Lipinski definition) is 1. The van der Waals surface area contributed by atoms with Crippen LogP contribution in [0.2, 0.25) is 0 Å². The van der Waals surface area contributed by atoms with Gasteiger partial charge in [-0.05, 0) is 42.0 Å². The second-order valence-electron chi connectivity index (χ2n) is 6.54. The summed E-state index contributed by atoms with van der Waals surface area (Å²) in [4.78, 5) is 12.5. The minimum Gasteiger partial charge on any atom is -0.497 e. The van der Waals surface area contributed by atoms with Gasteiger partial charge in [0.2, 0.25) is 5.91 Å². The molecule has 1 unspecified atom stereocenters. The molecule has 1 fully saturated rings. The Balaban J connectivity index is 1.77. The van der Waals surface area contributed by atoms with Gasteiger partial charge in [0.15, 0.2) is 0 Å². The fourth-order valence-electron chi connectivity index (χ4n) is 3.50. The molecule has 0 spiro atoms. The van der Waals surface area contributed by atoms with Crippen molar-refractivity contribution in [3.05, 3.63) is 65.7 Å². The van der Waals surface area contributed by atoms with E-state index in [0.29, 0.717) is 12.3 Å². The van der Waals surface area contributed by atoms with Crippen LogP contribution in [0.15, 0.2) is 54.6 Å². The van der Waals surface area contributed by atoms with Crippen molar-refractivity contribution < 1.29 is 9.53 Å². The maximum absolute atomic E-state index is 12.5. The van der Waals surface area contributed by atoms with Crippen LogP contribution < -0.4 is 10.1 Å². The van der Waals surface area contributed by atoms with Crippen molar-refractivity contribution in [3.63, 3.8) is 0 Å². The highest BCUT2D eigenvalue weighted by atomic mass is 16.5. The first kappa shape index (κ1) is 16.6. The number of methoxy groups -OCH3 is 1. The SMILES string of the molecule is COc1ccc(C(NC(=O)CC2CCCC2)c2ccccc2)cc1. The van der Waals surface area contributed by atoms with E-state index < -0.39 is 0 Å². The van der Waals surface area contributed by atoms with Crippen molar-refractivity contribution >= 4 is 5.91 Å². The van der Waals surface area contributed by atoms with E-state index >= 15 is 0 Å². The monoisotopic (exact) mass is 323 g/mol. The Labute approximate surface area is 144 Å². The van der Waals surface area contributed by atoms with Crippen molar-refractivity contribution in [2.45, 2.75) is 38.1 Å². The molecule has 1 N–H and O–H groups in total. The van der Waals surface area contributed by atoms with Crippen molar-refractivity contribution in [1.82, 2.24) is 5.32 Å². The van der Waals surface area contributed by atoms with Crippen LogP contribution in [-0.4, -0.2) is 13.0 Å². The maximum Gasteiger partial charge on any atom is 0.221 e. The first-order chi connectivity index (χ1) is 11.8. The summed E-state index contributed by atoms with van der Waals surface area (Å²) in [6.45, 7) is 0. The zero-order valence-corrected chi connectivity index (χ0v) is 14.2. The second kappa shape index (κ2) is 8.00. The van der Waals surface area contributed by atoms with Crippen LogP contribution in [0, 0.1) is 5.92 Å². The average molecular weight is 323 g/mol. The third kappa shape index (κ3) is 4.16. The van der Waals surface area contributed by atoms with Crippen LogP contribution >= 0.6 is 0 Å². The molecule has 2 aromatic rings. The van der Waals surface area contributed by atoms with Gasteiger partial charge < -0.3 is 10.1 Å². The molecule has 0 aromatic heterocycles. The van der Waals surface area contributed by atoms with Crippen LogP contribution in [0.3, 0.4) is 0 Å². The summed E-state index contributed by atoms with van der Waals surface area (Å²) in [5.41, 5.74) is 2.17. The van der Waals surface area contributed by atoms with E-state index in [1.54, 1.807) is 7.11 Å². The lowest BCUT2D eigenvalue weighted by Gasteiger charge is -2.21. The molecule has 24 heavy (non-hydrogen) atoms. The van der Waals surface area contributed by atoms with E-state index in [9.17, 15) is 4.79 Å². The smallest absolute Gasteiger partial charge is 0.221 e. The number of ether oxygens (including phenoxy) is 1. The van der Waals surface area contributed by atoms with E-state index in [4.69, 9.17) is 4.74 Å². The van der Waals surface area contributed by atoms with Crippen LogP contribution in [0.5, 0.6) is 5.75 Å². The van der Waals surface area contributed by atoms with Gasteiger partial charge in [0.25, 0.3) is 0 Å². The average Bonchev–Trinajstić information content (AvgIpc) is 3.13. The summed E-state index contributed by atoms with van der Waals surface area (Å²) >= 11 is 0. The molecule has 1 aliphatic carbocycles. The molecule has 1 saturated carbocycles. The van der Waals surface area contributed by atoms with Crippen molar-refractivity contribution in [1.29, 1.82) is 0 Å². The topological polar surface area (TPSA) is 38.3 Å². The van der Waals surface area contributed by atoms with Gasteiger partial charge in [0.1, 0.15) is 5.75 Å². The molecule has 0 radical (unpaired) electrons. The van der Waals surface area contributed by atoms with E-state index in [-0.39, 0.29) is 11.9 Å². The van der Waals surface area contributed by atoms with Gasteiger partial charge in [-0.25, -0.2) is 0 Å². The maximum atomic E-state index is 12.5. The van der Waals surface area contributed by atoms with E-state index in [1.165, 1.54) is 25.7 Å². The number of benzene rings is 2. The Morgan fingerprint density at radius 3 is 2.29 bits per heavy atom. The first-order valence-corrected chi connectivity index (χ1v) is 8.74. The number of nitrogens with one attached hydrogen (secondary N) is 1. The fraction of sp³-hybridized carbons (Fsp3) is 0.381. The highest BCUT2D eigenvalue weighted by Crippen LogP contribution is 2.29. The molecule has 1 aliphatic rings. The van der Waals surface area contributed by atoms with E-state index in [1.807, 2.05) is 42.5 Å². The molecule has 3 heteroatoms. The normalized spacial score (nSPS) is 15.9. The second-order valence-corrected chi connectivity index (χ2v) is 6.54.